The van der Waals surface area contributed by atoms with Crippen LogP contribution in [0.15, 0.2) is 24.4 Å². The molecule has 3 N–H and O–H groups in total. The Morgan fingerprint density at radius 2 is 2.20 bits per heavy atom. The van der Waals surface area contributed by atoms with Gasteiger partial charge in [-0.3, -0.25) is 9.78 Å². The monoisotopic (exact) mass is 276 g/mol. The second kappa shape index (κ2) is 6.33. The van der Waals surface area contributed by atoms with Crippen LogP contribution < -0.4 is 11.1 Å². The molecule has 5 nitrogen and oxygen atoms in total. The van der Waals surface area contributed by atoms with E-state index < -0.39 is 6.04 Å². The van der Waals surface area contributed by atoms with Crippen molar-refractivity contribution in [2.45, 2.75) is 37.8 Å². The SMILES string of the molecule is CC(N)C(=O)NC1(Cc2ccccn2)CCN(C)CC1. The van der Waals surface area contributed by atoms with Crippen LogP contribution in [0.5, 0.6) is 0 Å². The lowest BCUT2D eigenvalue weighted by Crippen LogP contribution is -2.58. The highest BCUT2D eigenvalue weighted by atomic mass is 16.2. The molecule has 20 heavy (non-hydrogen) atoms. The van der Waals surface area contributed by atoms with Crippen LogP contribution in [0.25, 0.3) is 0 Å². The minimum Gasteiger partial charge on any atom is -0.349 e. The van der Waals surface area contributed by atoms with Gasteiger partial charge >= 0.3 is 0 Å². The molecule has 1 unspecified atom stereocenters. The lowest BCUT2D eigenvalue weighted by molar-refractivity contribution is -0.124. The molecule has 2 heterocycles. The van der Waals surface area contributed by atoms with Crippen molar-refractivity contribution in [1.82, 2.24) is 15.2 Å². The standard InChI is InChI=1S/C15H24N4O/c1-12(16)14(20)18-15(6-9-19(2)10-7-15)11-13-5-3-4-8-17-13/h3-5,8,12H,6-7,9-11,16H2,1-2H3,(H,18,20). The molecule has 2 rings (SSSR count). The molecule has 1 aromatic heterocycles. The number of nitrogens with zero attached hydrogens (tertiary/aromatic N) is 2. The number of carbonyl (C=O) groups excluding carboxylic acids is 1. The summed E-state index contributed by atoms with van der Waals surface area (Å²) in [7, 11) is 2.11. The quantitative estimate of drug-likeness (QED) is 0.842. The second-order valence-corrected chi connectivity index (χ2v) is 5.86. The number of hydrogen-bond acceptors (Lipinski definition) is 4. The van der Waals surface area contributed by atoms with E-state index >= 15 is 0 Å². The van der Waals surface area contributed by atoms with Crippen molar-refractivity contribution in [3.8, 4) is 0 Å². The number of nitrogens with two attached hydrogens (primary N) is 1. The molecule has 0 saturated carbocycles. The lowest BCUT2D eigenvalue weighted by atomic mass is 9.83. The summed E-state index contributed by atoms with van der Waals surface area (Å²) in [5, 5.41) is 3.17. The maximum Gasteiger partial charge on any atom is 0.237 e. The molecule has 110 valence electrons. The van der Waals surface area contributed by atoms with Crippen molar-refractivity contribution in [2.75, 3.05) is 20.1 Å². The molecule has 1 saturated heterocycles. The van der Waals surface area contributed by atoms with Gasteiger partial charge in [-0.05, 0) is 38.9 Å². The predicted octanol–water partition coefficient (Wildman–Crippen LogP) is 0.552. The number of carbonyl (C=O) groups is 1. The zero-order chi connectivity index (χ0) is 14.6. The smallest absolute Gasteiger partial charge is 0.237 e. The summed E-state index contributed by atoms with van der Waals surface area (Å²) in [5.41, 5.74) is 6.49. The first-order valence-electron chi connectivity index (χ1n) is 7.17. The van der Waals surface area contributed by atoms with Crippen LogP contribution in [-0.4, -0.2) is 47.5 Å². The normalized spacial score (nSPS) is 20.4. The highest BCUT2D eigenvalue weighted by Crippen LogP contribution is 2.25. The largest absolute Gasteiger partial charge is 0.349 e. The number of piperidine rings is 1. The molecule has 1 amide bonds. The number of likely N-dealkylation sites (tertiary alicyclic amines) is 1. The highest BCUT2D eigenvalue weighted by molar-refractivity contribution is 5.81. The lowest BCUT2D eigenvalue weighted by Gasteiger charge is -2.41. The van der Waals surface area contributed by atoms with E-state index in [4.69, 9.17) is 5.73 Å². The van der Waals surface area contributed by atoms with E-state index in [-0.39, 0.29) is 11.4 Å². The van der Waals surface area contributed by atoms with Crippen LogP contribution in [0, 0.1) is 0 Å². The summed E-state index contributed by atoms with van der Waals surface area (Å²) in [5.74, 6) is -0.0783. The molecular weight excluding hydrogens is 252 g/mol. The third kappa shape index (κ3) is 3.77. The van der Waals surface area contributed by atoms with Gasteiger partial charge in [-0.15, -0.1) is 0 Å². The maximum atomic E-state index is 12.0. The third-order valence-corrected chi connectivity index (χ3v) is 3.99. The maximum absolute atomic E-state index is 12.0. The molecule has 0 spiro atoms. The molecule has 0 aliphatic carbocycles. The molecule has 1 fully saturated rings. The molecule has 1 aromatic rings. The van der Waals surface area contributed by atoms with Crippen molar-refractivity contribution in [1.29, 1.82) is 0 Å². The average Bonchev–Trinajstić information content (AvgIpc) is 2.43. The van der Waals surface area contributed by atoms with Gasteiger partial charge in [0.05, 0.1) is 6.04 Å². The third-order valence-electron chi connectivity index (χ3n) is 3.99. The van der Waals surface area contributed by atoms with Crippen LogP contribution >= 0.6 is 0 Å². The van der Waals surface area contributed by atoms with Gasteiger partial charge in [0, 0.05) is 36.9 Å². The summed E-state index contributed by atoms with van der Waals surface area (Å²) in [6.07, 6.45) is 4.42. The second-order valence-electron chi connectivity index (χ2n) is 5.86. The van der Waals surface area contributed by atoms with Gasteiger partial charge in [-0.25, -0.2) is 0 Å². The fourth-order valence-corrected chi connectivity index (χ4v) is 2.62. The molecule has 0 aromatic carbocycles. The Kier molecular flexibility index (Phi) is 4.73. The number of aromatic nitrogens is 1. The Labute approximate surface area is 120 Å². The Balaban J connectivity index is 2.14. The summed E-state index contributed by atoms with van der Waals surface area (Å²) in [4.78, 5) is 18.7. The topological polar surface area (TPSA) is 71.2 Å². The number of rotatable bonds is 4. The molecule has 1 aliphatic rings. The van der Waals surface area contributed by atoms with Crippen molar-refractivity contribution in [2.24, 2.45) is 5.73 Å². The Morgan fingerprint density at radius 1 is 1.50 bits per heavy atom. The number of nitrogens with one attached hydrogen (secondary N) is 1. The molecule has 1 atom stereocenters. The molecular formula is C15H24N4O. The Bertz CT molecular complexity index is 438. The highest BCUT2D eigenvalue weighted by Gasteiger charge is 2.36. The van der Waals surface area contributed by atoms with E-state index in [0.717, 1.165) is 38.0 Å². The molecule has 0 bridgehead atoms. The van der Waals surface area contributed by atoms with Crippen molar-refractivity contribution < 1.29 is 4.79 Å². The van der Waals surface area contributed by atoms with E-state index in [2.05, 4.69) is 22.2 Å². The fourth-order valence-electron chi connectivity index (χ4n) is 2.62. The predicted molar refractivity (Wildman–Crippen MR) is 79.2 cm³/mol. The van der Waals surface area contributed by atoms with Gasteiger partial charge in [-0.2, -0.15) is 0 Å². The van der Waals surface area contributed by atoms with Gasteiger partial charge in [0.25, 0.3) is 0 Å². The van der Waals surface area contributed by atoms with Gasteiger partial charge in [0.15, 0.2) is 0 Å². The van der Waals surface area contributed by atoms with E-state index in [1.54, 1.807) is 13.1 Å². The van der Waals surface area contributed by atoms with Gasteiger partial charge in [-0.1, -0.05) is 6.07 Å². The number of pyridine rings is 1. The fraction of sp³-hybridized carbons (Fsp3) is 0.600. The summed E-state index contributed by atoms with van der Waals surface area (Å²) < 4.78 is 0. The zero-order valence-corrected chi connectivity index (χ0v) is 12.3. The van der Waals surface area contributed by atoms with Crippen molar-refractivity contribution >= 4 is 5.91 Å². The summed E-state index contributed by atoms with van der Waals surface area (Å²) in [6.45, 7) is 3.68. The van der Waals surface area contributed by atoms with Crippen molar-refractivity contribution in [3.63, 3.8) is 0 Å². The van der Waals surface area contributed by atoms with Gasteiger partial charge in [0.1, 0.15) is 0 Å². The van der Waals surface area contributed by atoms with E-state index in [1.807, 2.05) is 18.2 Å². The molecule has 1 aliphatic heterocycles. The van der Waals surface area contributed by atoms with Gasteiger partial charge in [0.2, 0.25) is 5.91 Å². The van der Waals surface area contributed by atoms with E-state index in [1.165, 1.54) is 0 Å². The van der Waals surface area contributed by atoms with Crippen LogP contribution in [-0.2, 0) is 11.2 Å². The summed E-state index contributed by atoms with van der Waals surface area (Å²) >= 11 is 0. The summed E-state index contributed by atoms with van der Waals surface area (Å²) in [6, 6.07) is 5.43. The molecule has 5 heteroatoms. The van der Waals surface area contributed by atoms with Crippen molar-refractivity contribution in [3.05, 3.63) is 30.1 Å². The van der Waals surface area contributed by atoms with Crippen LogP contribution in [0.3, 0.4) is 0 Å². The van der Waals surface area contributed by atoms with Crippen LogP contribution in [0.2, 0.25) is 0 Å². The minimum absolute atomic E-state index is 0.0783. The Hall–Kier alpha value is -1.46. The Morgan fingerprint density at radius 3 is 2.75 bits per heavy atom. The average molecular weight is 276 g/mol. The van der Waals surface area contributed by atoms with E-state index in [0.29, 0.717) is 0 Å². The zero-order valence-electron chi connectivity index (χ0n) is 12.3. The first kappa shape index (κ1) is 14.9. The van der Waals surface area contributed by atoms with Crippen LogP contribution in [0.4, 0.5) is 0 Å². The number of amides is 1. The first-order valence-corrected chi connectivity index (χ1v) is 7.17. The first-order chi connectivity index (χ1) is 9.51. The number of hydrogen-bond donors (Lipinski definition) is 2. The van der Waals surface area contributed by atoms with E-state index in [9.17, 15) is 4.79 Å². The van der Waals surface area contributed by atoms with Crippen LogP contribution in [0.1, 0.15) is 25.5 Å². The minimum atomic E-state index is -0.477. The molecule has 0 radical (unpaired) electrons. The van der Waals surface area contributed by atoms with Gasteiger partial charge < -0.3 is 16.0 Å².